The van der Waals surface area contributed by atoms with Crippen LogP contribution in [0.4, 0.5) is 0 Å². The van der Waals surface area contributed by atoms with Crippen LogP contribution >= 0.6 is 0 Å². The van der Waals surface area contributed by atoms with Gasteiger partial charge in [0.25, 0.3) is 0 Å². The van der Waals surface area contributed by atoms with Crippen molar-refractivity contribution in [2.45, 2.75) is 5.92 Å². The lowest BCUT2D eigenvalue weighted by Crippen LogP contribution is -1.86. The third kappa shape index (κ3) is 1.47. The van der Waals surface area contributed by atoms with Crippen LogP contribution in [0.2, 0.25) is 0 Å². The maximum Gasteiger partial charge on any atom is 0.00901 e. The van der Waals surface area contributed by atoms with E-state index in [1.807, 2.05) is 30.3 Å². The highest BCUT2D eigenvalue weighted by Gasteiger charge is 1.97. The summed E-state index contributed by atoms with van der Waals surface area (Å²) in [5, 5.41) is 0. The minimum absolute atomic E-state index is 0.277. The van der Waals surface area contributed by atoms with Crippen LogP contribution in [0.3, 0.4) is 0 Å². The first-order valence-electron chi connectivity index (χ1n) is 3.23. The molecule has 0 saturated heterocycles. The Kier molecular flexibility index (Phi) is 2.27. The molecule has 0 aliphatic rings. The molecule has 0 fully saturated rings. The van der Waals surface area contributed by atoms with Crippen molar-refractivity contribution in [3.8, 4) is 0 Å². The number of hydrogen-bond acceptors (Lipinski definition) is 0. The largest absolute Gasteiger partial charge is 0.102 e. The average molecular weight is 129 g/mol. The topological polar surface area (TPSA) is 0 Å². The molecule has 0 aliphatic heterocycles. The summed E-state index contributed by atoms with van der Waals surface area (Å²) in [4.78, 5) is 0. The van der Waals surface area contributed by atoms with Gasteiger partial charge in [0.1, 0.15) is 0 Å². The fourth-order valence-electron chi connectivity index (χ4n) is 0.796. The van der Waals surface area contributed by atoms with Crippen molar-refractivity contribution in [1.29, 1.82) is 0 Å². The molecular formula is C10H9. The van der Waals surface area contributed by atoms with Crippen molar-refractivity contribution >= 4 is 0 Å². The third-order valence-corrected chi connectivity index (χ3v) is 1.39. The van der Waals surface area contributed by atoms with Gasteiger partial charge in [-0.05, 0) is 5.56 Å². The van der Waals surface area contributed by atoms with Crippen molar-refractivity contribution in [2.24, 2.45) is 0 Å². The minimum atomic E-state index is -0.277. The Morgan fingerprint density at radius 2 is 1.90 bits per heavy atom. The monoisotopic (exact) mass is 129 g/mol. The minimum Gasteiger partial charge on any atom is -0.102 e. The number of allylic oxidation sites excluding steroid dienone is 1. The van der Waals surface area contributed by atoms with Crippen molar-refractivity contribution in [3.05, 3.63) is 55.5 Å². The second kappa shape index (κ2) is 3.21. The molecule has 0 amide bonds. The molecule has 0 spiro atoms. The van der Waals surface area contributed by atoms with Crippen LogP contribution in [0.25, 0.3) is 0 Å². The highest BCUT2D eigenvalue weighted by Crippen LogP contribution is 2.13. The molecule has 1 aromatic rings. The predicted molar refractivity (Wildman–Crippen MR) is 42.6 cm³/mol. The molecule has 0 heterocycles. The Hall–Kier alpha value is -1.04. The molecule has 1 unspecified atom stereocenters. The molecule has 0 nitrogen and oxygen atoms in total. The number of benzene rings is 1. The first-order valence-corrected chi connectivity index (χ1v) is 3.23. The maximum absolute atomic E-state index is 7.44. The van der Waals surface area contributed by atoms with Crippen molar-refractivity contribution in [3.63, 3.8) is 0 Å². The van der Waals surface area contributed by atoms with Crippen LogP contribution in [0.15, 0.2) is 43.0 Å². The van der Waals surface area contributed by atoms with Gasteiger partial charge in [-0.2, -0.15) is 0 Å². The summed E-state index contributed by atoms with van der Waals surface area (Å²) in [5.41, 5.74) is 0.998. The lowest BCUT2D eigenvalue weighted by atomic mass is 10.0. The molecule has 0 N–H and O–H groups in total. The van der Waals surface area contributed by atoms with Gasteiger partial charge in [-0.25, -0.2) is 0 Å². The normalized spacial score (nSPS) is 12.5. The standard InChI is InChI=1S/C10H9/c1-3-9(2)10-7-5-4-6-8-10/h3-9H,1H2. The van der Waals surface area contributed by atoms with Crippen LogP contribution in [-0.2, 0) is 0 Å². The zero-order valence-corrected chi connectivity index (χ0v) is 5.75. The molecule has 0 bridgehead atoms. The molecule has 49 valence electrons. The van der Waals surface area contributed by atoms with Gasteiger partial charge in [0.2, 0.25) is 0 Å². The lowest BCUT2D eigenvalue weighted by molar-refractivity contribution is 1.09. The van der Waals surface area contributed by atoms with Crippen molar-refractivity contribution in [1.82, 2.24) is 0 Å². The molecule has 1 aromatic carbocycles. The van der Waals surface area contributed by atoms with Crippen LogP contribution < -0.4 is 0 Å². The number of rotatable bonds is 2. The van der Waals surface area contributed by atoms with Crippen molar-refractivity contribution in [2.75, 3.05) is 0 Å². The van der Waals surface area contributed by atoms with Gasteiger partial charge < -0.3 is 0 Å². The Balaban J connectivity index is 2.84. The predicted octanol–water partition coefficient (Wildman–Crippen LogP) is 2.54. The molecule has 3 radical (unpaired) electrons. The highest BCUT2D eigenvalue weighted by atomic mass is 14.0. The quantitative estimate of drug-likeness (QED) is 0.538. The van der Waals surface area contributed by atoms with E-state index < -0.39 is 0 Å². The van der Waals surface area contributed by atoms with E-state index in [4.69, 9.17) is 6.92 Å². The van der Waals surface area contributed by atoms with Crippen molar-refractivity contribution < 1.29 is 0 Å². The zero-order valence-electron chi connectivity index (χ0n) is 5.75. The van der Waals surface area contributed by atoms with E-state index >= 15 is 0 Å². The molecule has 0 saturated carbocycles. The lowest BCUT2D eigenvalue weighted by Gasteiger charge is -2.02. The second-order valence-corrected chi connectivity index (χ2v) is 2.12. The van der Waals surface area contributed by atoms with E-state index in [-0.39, 0.29) is 5.92 Å². The van der Waals surface area contributed by atoms with Gasteiger partial charge in [0.15, 0.2) is 0 Å². The van der Waals surface area contributed by atoms with E-state index in [2.05, 4.69) is 6.58 Å². The summed E-state index contributed by atoms with van der Waals surface area (Å²) in [6, 6.07) is 9.67. The molecule has 0 heteroatoms. The van der Waals surface area contributed by atoms with E-state index in [1.54, 1.807) is 6.08 Å². The van der Waals surface area contributed by atoms with E-state index in [0.29, 0.717) is 0 Å². The molecule has 0 aromatic heterocycles. The number of hydrogen-bond donors (Lipinski definition) is 0. The summed E-state index contributed by atoms with van der Waals surface area (Å²) >= 11 is 0. The summed E-state index contributed by atoms with van der Waals surface area (Å²) < 4.78 is 0. The van der Waals surface area contributed by atoms with Gasteiger partial charge in [0, 0.05) is 12.8 Å². The maximum atomic E-state index is 7.44. The Bertz CT molecular complexity index is 199. The van der Waals surface area contributed by atoms with E-state index in [1.165, 1.54) is 0 Å². The van der Waals surface area contributed by atoms with Crippen LogP contribution in [0.1, 0.15) is 11.5 Å². The molecule has 1 rings (SSSR count). The zero-order chi connectivity index (χ0) is 7.40. The molecule has 0 aliphatic carbocycles. The molecule has 10 heavy (non-hydrogen) atoms. The summed E-state index contributed by atoms with van der Waals surface area (Å²) in [6.07, 6.45) is 1.62. The molecule has 1 atom stereocenters. The first-order chi connectivity index (χ1) is 4.84. The third-order valence-electron chi connectivity index (χ3n) is 1.39. The Morgan fingerprint density at radius 1 is 1.30 bits per heavy atom. The van der Waals surface area contributed by atoms with E-state index in [9.17, 15) is 0 Å². The highest BCUT2D eigenvalue weighted by molar-refractivity contribution is 5.23. The van der Waals surface area contributed by atoms with Crippen LogP contribution in [-0.4, -0.2) is 0 Å². The Morgan fingerprint density at radius 3 is 2.40 bits per heavy atom. The Labute approximate surface area is 62.2 Å². The van der Waals surface area contributed by atoms with Gasteiger partial charge in [-0.1, -0.05) is 36.4 Å². The van der Waals surface area contributed by atoms with Gasteiger partial charge >= 0.3 is 0 Å². The fraction of sp³-hybridized carbons (Fsp3) is 0.100. The smallest absolute Gasteiger partial charge is 0.00901 e. The summed E-state index contributed by atoms with van der Waals surface area (Å²) in [5.74, 6) is -0.277. The van der Waals surface area contributed by atoms with E-state index in [0.717, 1.165) is 5.56 Å². The first kappa shape index (κ1) is 7.07. The van der Waals surface area contributed by atoms with Gasteiger partial charge in [-0.15, -0.1) is 6.58 Å². The fourth-order valence-corrected chi connectivity index (χ4v) is 0.796. The van der Waals surface area contributed by atoms with Gasteiger partial charge in [-0.3, -0.25) is 0 Å². The average Bonchev–Trinajstić information content (AvgIpc) is 2.05. The SMILES string of the molecule is [C]C(C=C)c1ccccc1. The van der Waals surface area contributed by atoms with Gasteiger partial charge in [0.05, 0.1) is 0 Å². The summed E-state index contributed by atoms with van der Waals surface area (Å²) in [7, 11) is 0. The summed E-state index contributed by atoms with van der Waals surface area (Å²) in [6.45, 7) is 11.0. The molecular weight excluding hydrogens is 120 g/mol. The van der Waals surface area contributed by atoms with Crippen LogP contribution in [0.5, 0.6) is 0 Å². The van der Waals surface area contributed by atoms with Crippen LogP contribution in [0, 0.1) is 6.92 Å². The second-order valence-electron chi connectivity index (χ2n) is 2.12.